The minimum absolute atomic E-state index is 0.568. The minimum Gasteiger partial charge on any atom is -0.352 e. The number of nitrogens with zero attached hydrogens (tertiary/aromatic N) is 1. The van der Waals surface area contributed by atoms with Crippen molar-refractivity contribution in [1.82, 2.24) is 4.90 Å². The van der Waals surface area contributed by atoms with E-state index in [1.165, 1.54) is 6.42 Å². The summed E-state index contributed by atoms with van der Waals surface area (Å²) in [6, 6.07) is 0.568. The number of allylic oxidation sites excluding steroid dienone is 2. The molecule has 1 aliphatic rings. The Morgan fingerprint density at radius 1 is 1.15 bits per heavy atom. The van der Waals surface area contributed by atoms with E-state index < -0.39 is 0 Å². The van der Waals surface area contributed by atoms with Crippen molar-refractivity contribution in [3.63, 3.8) is 0 Å². The molecule has 74 valence electrons. The molecule has 1 atom stereocenters. The zero-order chi connectivity index (χ0) is 9.84. The summed E-state index contributed by atoms with van der Waals surface area (Å²) in [5.74, 6) is 1.45. The van der Waals surface area contributed by atoms with E-state index in [0.29, 0.717) is 12.0 Å². The molecule has 0 amide bonds. The summed E-state index contributed by atoms with van der Waals surface area (Å²) >= 11 is 0. The Hall–Kier alpha value is -0.720. The van der Waals surface area contributed by atoms with E-state index in [4.69, 9.17) is 0 Å². The third-order valence-electron chi connectivity index (χ3n) is 2.64. The van der Waals surface area contributed by atoms with Crippen LogP contribution in [0, 0.1) is 11.8 Å². The Balaban J connectivity index is 2.64. The fraction of sp³-hybridized carbons (Fsp3) is 0.667. The average molecular weight is 179 g/mol. The maximum Gasteiger partial charge on any atom is 0.0273 e. The highest BCUT2D eigenvalue weighted by atomic mass is 15.1. The maximum atomic E-state index is 2.34. The van der Waals surface area contributed by atoms with E-state index >= 15 is 0 Å². The van der Waals surface area contributed by atoms with Crippen LogP contribution in [0.5, 0.6) is 0 Å². The van der Waals surface area contributed by atoms with Gasteiger partial charge in [-0.05, 0) is 38.3 Å². The van der Waals surface area contributed by atoms with Crippen LogP contribution in [0.3, 0.4) is 0 Å². The van der Waals surface area contributed by atoms with E-state index in [2.05, 4.69) is 57.1 Å². The molecule has 1 heteroatoms. The Kier molecular flexibility index (Phi) is 3.58. The van der Waals surface area contributed by atoms with Crippen molar-refractivity contribution < 1.29 is 0 Å². The standard InChI is InChI=1S/C12H21N/c1-10(2)12-6-5-8-13(9-7-12)11(3)4/h5,7-12H,6H2,1-4H3. The fourth-order valence-corrected chi connectivity index (χ4v) is 1.52. The predicted molar refractivity (Wildman–Crippen MR) is 58.2 cm³/mol. The Morgan fingerprint density at radius 2 is 1.85 bits per heavy atom. The molecule has 0 saturated carbocycles. The van der Waals surface area contributed by atoms with Gasteiger partial charge in [-0.2, -0.15) is 0 Å². The molecule has 1 heterocycles. The molecule has 0 aliphatic carbocycles. The normalized spacial score (nSPS) is 22.9. The first-order valence-electron chi connectivity index (χ1n) is 5.23. The highest BCUT2D eigenvalue weighted by Gasteiger charge is 2.11. The third kappa shape index (κ3) is 2.91. The van der Waals surface area contributed by atoms with Crippen LogP contribution < -0.4 is 0 Å². The van der Waals surface area contributed by atoms with E-state index in [1.807, 2.05) is 0 Å². The Labute approximate surface area is 82.1 Å². The van der Waals surface area contributed by atoms with Gasteiger partial charge in [-0.1, -0.05) is 26.0 Å². The van der Waals surface area contributed by atoms with Crippen molar-refractivity contribution in [2.75, 3.05) is 0 Å². The highest BCUT2D eigenvalue weighted by Crippen LogP contribution is 2.20. The first-order chi connectivity index (χ1) is 6.11. The summed E-state index contributed by atoms with van der Waals surface area (Å²) in [5.41, 5.74) is 0. The summed E-state index contributed by atoms with van der Waals surface area (Å²) in [4.78, 5) is 2.27. The second kappa shape index (κ2) is 4.50. The van der Waals surface area contributed by atoms with Gasteiger partial charge in [-0.15, -0.1) is 0 Å². The van der Waals surface area contributed by atoms with Gasteiger partial charge in [0, 0.05) is 12.2 Å². The molecular formula is C12H21N. The summed E-state index contributed by atoms with van der Waals surface area (Å²) in [6.45, 7) is 9.00. The molecule has 0 spiro atoms. The summed E-state index contributed by atoms with van der Waals surface area (Å²) in [6.07, 6.45) is 10.2. The van der Waals surface area contributed by atoms with Crippen molar-refractivity contribution in [1.29, 1.82) is 0 Å². The maximum absolute atomic E-state index is 2.34. The van der Waals surface area contributed by atoms with Gasteiger partial charge in [-0.25, -0.2) is 0 Å². The van der Waals surface area contributed by atoms with Crippen LogP contribution in [-0.2, 0) is 0 Å². The molecule has 0 bridgehead atoms. The van der Waals surface area contributed by atoms with Gasteiger partial charge in [0.2, 0.25) is 0 Å². The van der Waals surface area contributed by atoms with Crippen LogP contribution in [0.2, 0.25) is 0 Å². The van der Waals surface area contributed by atoms with E-state index in [1.54, 1.807) is 0 Å². The van der Waals surface area contributed by atoms with Crippen LogP contribution in [0.4, 0.5) is 0 Å². The van der Waals surface area contributed by atoms with Gasteiger partial charge in [-0.3, -0.25) is 0 Å². The van der Waals surface area contributed by atoms with Gasteiger partial charge in [0.1, 0.15) is 0 Å². The first kappa shape index (κ1) is 10.4. The van der Waals surface area contributed by atoms with Crippen LogP contribution in [0.25, 0.3) is 0 Å². The lowest BCUT2D eigenvalue weighted by Gasteiger charge is -2.19. The lowest BCUT2D eigenvalue weighted by atomic mass is 9.93. The third-order valence-corrected chi connectivity index (χ3v) is 2.64. The molecule has 1 aliphatic heterocycles. The largest absolute Gasteiger partial charge is 0.352 e. The van der Waals surface area contributed by atoms with Gasteiger partial charge < -0.3 is 4.90 Å². The predicted octanol–water partition coefficient (Wildman–Crippen LogP) is 3.40. The topological polar surface area (TPSA) is 3.24 Å². The molecule has 1 rings (SSSR count). The monoisotopic (exact) mass is 179 g/mol. The van der Waals surface area contributed by atoms with Gasteiger partial charge in [0.15, 0.2) is 0 Å². The second-order valence-electron chi connectivity index (χ2n) is 4.41. The quantitative estimate of drug-likeness (QED) is 0.628. The lowest BCUT2D eigenvalue weighted by molar-refractivity contribution is 0.414. The van der Waals surface area contributed by atoms with E-state index in [9.17, 15) is 0 Å². The molecular weight excluding hydrogens is 158 g/mol. The average Bonchev–Trinajstić information content (AvgIpc) is 2.27. The summed E-state index contributed by atoms with van der Waals surface area (Å²) < 4.78 is 0. The number of rotatable bonds is 2. The molecule has 13 heavy (non-hydrogen) atoms. The SMILES string of the molecule is CC(C)C1C=CN(C(C)C)C=CC1. The molecule has 0 radical (unpaired) electrons. The zero-order valence-electron chi connectivity index (χ0n) is 9.20. The molecule has 0 aromatic rings. The van der Waals surface area contributed by atoms with Crippen molar-refractivity contribution in [3.8, 4) is 0 Å². The summed E-state index contributed by atoms with van der Waals surface area (Å²) in [5, 5.41) is 0. The van der Waals surface area contributed by atoms with E-state index in [-0.39, 0.29) is 0 Å². The highest BCUT2D eigenvalue weighted by molar-refractivity contribution is 5.03. The first-order valence-corrected chi connectivity index (χ1v) is 5.23. The smallest absolute Gasteiger partial charge is 0.0273 e. The Bertz CT molecular complexity index is 201. The van der Waals surface area contributed by atoms with Crippen LogP contribution in [0.15, 0.2) is 24.6 Å². The molecule has 0 fully saturated rings. The number of hydrogen-bond acceptors (Lipinski definition) is 1. The van der Waals surface area contributed by atoms with Gasteiger partial charge in [0.25, 0.3) is 0 Å². The minimum atomic E-state index is 0.568. The van der Waals surface area contributed by atoms with Crippen molar-refractivity contribution in [2.24, 2.45) is 11.8 Å². The summed E-state index contributed by atoms with van der Waals surface area (Å²) in [7, 11) is 0. The molecule has 1 unspecified atom stereocenters. The molecule has 0 aromatic heterocycles. The van der Waals surface area contributed by atoms with Crippen LogP contribution in [0.1, 0.15) is 34.1 Å². The molecule has 1 nitrogen and oxygen atoms in total. The second-order valence-corrected chi connectivity index (χ2v) is 4.41. The van der Waals surface area contributed by atoms with Crippen molar-refractivity contribution >= 4 is 0 Å². The molecule has 0 aromatic carbocycles. The number of hydrogen-bond donors (Lipinski definition) is 0. The Morgan fingerprint density at radius 3 is 2.38 bits per heavy atom. The van der Waals surface area contributed by atoms with Crippen LogP contribution >= 0.6 is 0 Å². The van der Waals surface area contributed by atoms with Crippen molar-refractivity contribution in [3.05, 3.63) is 24.6 Å². The lowest BCUT2D eigenvalue weighted by Crippen LogP contribution is -2.18. The molecule has 0 N–H and O–H groups in total. The fourth-order valence-electron chi connectivity index (χ4n) is 1.52. The van der Waals surface area contributed by atoms with Gasteiger partial charge >= 0.3 is 0 Å². The van der Waals surface area contributed by atoms with Crippen LogP contribution in [-0.4, -0.2) is 10.9 Å². The van der Waals surface area contributed by atoms with E-state index in [0.717, 1.165) is 5.92 Å². The van der Waals surface area contributed by atoms with Gasteiger partial charge in [0.05, 0.1) is 0 Å². The zero-order valence-corrected chi connectivity index (χ0v) is 9.20. The molecule has 0 saturated heterocycles. The van der Waals surface area contributed by atoms with Crippen molar-refractivity contribution in [2.45, 2.75) is 40.2 Å².